The maximum absolute atomic E-state index is 5.60. The van der Waals surface area contributed by atoms with Gasteiger partial charge in [0.25, 0.3) is 0 Å². The number of unbranched alkanes of at least 4 members (excludes halogenated alkanes) is 3. The van der Waals surface area contributed by atoms with E-state index in [1.54, 1.807) is 0 Å². The molecule has 0 aliphatic heterocycles. The zero-order chi connectivity index (χ0) is 13.5. The highest BCUT2D eigenvalue weighted by Gasteiger charge is 1.95. The molecule has 0 spiro atoms. The highest BCUT2D eigenvalue weighted by Crippen LogP contribution is 2.09. The Bertz CT molecular complexity index is 151. The molecule has 0 saturated carbocycles. The number of nitrogens with one attached hydrogen (secondary N) is 1. The van der Waals surface area contributed by atoms with Gasteiger partial charge in [-0.05, 0) is 44.8 Å². The van der Waals surface area contributed by atoms with Gasteiger partial charge in [0, 0.05) is 13.2 Å². The first kappa shape index (κ1) is 17.9. The van der Waals surface area contributed by atoms with E-state index in [-0.39, 0.29) is 0 Å². The summed E-state index contributed by atoms with van der Waals surface area (Å²) in [5, 5.41) is 3.36. The van der Waals surface area contributed by atoms with Crippen molar-refractivity contribution >= 4 is 0 Å². The minimum Gasteiger partial charge on any atom is -0.381 e. The molecule has 0 amide bonds. The van der Waals surface area contributed by atoms with Crippen LogP contribution in [0.25, 0.3) is 0 Å². The zero-order valence-electron chi connectivity index (χ0n) is 12.5. The van der Waals surface area contributed by atoms with Crippen LogP contribution in [0.5, 0.6) is 0 Å². The molecule has 3 heteroatoms. The normalized spacial score (nSPS) is 11.3. The molecule has 110 valence electrons. The fourth-order valence-electron chi connectivity index (χ4n) is 1.86. The van der Waals surface area contributed by atoms with Gasteiger partial charge in [-0.15, -0.1) is 0 Å². The van der Waals surface area contributed by atoms with Gasteiger partial charge >= 0.3 is 0 Å². The fraction of sp³-hybridized carbons (Fsp3) is 1.00. The lowest BCUT2D eigenvalue weighted by atomic mass is 10.0. The minimum absolute atomic E-state index is 0.778. The Labute approximate surface area is 114 Å². The monoisotopic (exact) mass is 258 g/mol. The van der Waals surface area contributed by atoms with E-state index < -0.39 is 0 Å². The summed E-state index contributed by atoms with van der Waals surface area (Å²) in [6, 6.07) is 0. The summed E-state index contributed by atoms with van der Waals surface area (Å²) in [6.07, 6.45) is 8.83. The maximum Gasteiger partial charge on any atom is 0.0478 e. The van der Waals surface area contributed by atoms with Crippen molar-refractivity contribution in [1.82, 2.24) is 5.32 Å². The number of hydrogen-bond acceptors (Lipinski definition) is 3. The zero-order valence-corrected chi connectivity index (χ0v) is 12.5. The number of nitrogens with two attached hydrogens (primary N) is 1. The Morgan fingerprint density at radius 3 is 2.28 bits per heavy atom. The van der Waals surface area contributed by atoms with Crippen LogP contribution < -0.4 is 11.1 Å². The standard InChI is InChI=1S/C15H34N2O/c1-15(2)9-5-3-4-6-13-18-14-8-12-17-11-7-10-16/h15,17H,3-14,16H2,1-2H3. The van der Waals surface area contributed by atoms with Crippen molar-refractivity contribution in [3.63, 3.8) is 0 Å². The van der Waals surface area contributed by atoms with Gasteiger partial charge in [-0.3, -0.25) is 0 Å². The van der Waals surface area contributed by atoms with Crippen LogP contribution in [0.3, 0.4) is 0 Å². The van der Waals surface area contributed by atoms with Crippen molar-refractivity contribution in [3.05, 3.63) is 0 Å². The van der Waals surface area contributed by atoms with E-state index in [4.69, 9.17) is 10.5 Å². The number of hydrogen-bond donors (Lipinski definition) is 2. The van der Waals surface area contributed by atoms with Crippen LogP contribution in [0.4, 0.5) is 0 Å². The first-order valence-electron chi connectivity index (χ1n) is 7.76. The SMILES string of the molecule is CC(C)CCCCCCOCCCNCCCN. The van der Waals surface area contributed by atoms with E-state index in [0.717, 1.165) is 51.6 Å². The molecule has 0 aliphatic rings. The molecular weight excluding hydrogens is 224 g/mol. The Morgan fingerprint density at radius 2 is 1.56 bits per heavy atom. The summed E-state index contributed by atoms with van der Waals surface area (Å²) < 4.78 is 5.60. The maximum atomic E-state index is 5.60. The summed E-state index contributed by atoms with van der Waals surface area (Å²) >= 11 is 0. The van der Waals surface area contributed by atoms with Crippen molar-refractivity contribution in [2.75, 3.05) is 32.8 Å². The Balaban J connectivity index is 2.90. The lowest BCUT2D eigenvalue weighted by molar-refractivity contribution is 0.127. The number of rotatable bonds is 14. The van der Waals surface area contributed by atoms with E-state index in [1.165, 1.54) is 32.1 Å². The molecule has 3 N–H and O–H groups in total. The molecule has 0 aromatic carbocycles. The van der Waals surface area contributed by atoms with Crippen molar-refractivity contribution in [2.45, 2.75) is 58.8 Å². The smallest absolute Gasteiger partial charge is 0.0478 e. The van der Waals surface area contributed by atoms with Gasteiger partial charge in [-0.2, -0.15) is 0 Å². The van der Waals surface area contributed by atoms with Crippen LogP contribution >= 0.6 is 0 Å². The van der Waals surface area contributed by atoms with E-state index in [1.807, 2.05) is 0 Å². The summed E-state index contributed by atoms with van der Waals surface area (Å²) in [5.74, 6) is 0.855. The highest BCUT2D eigenvalue weighted by molar-refractivity contribution is 4.49. The van der Waals surface area contributed by atoms with Gasteiger partial charge in [0.15, 0.2) is 0 Å². The average Bonchev–Trinajstić information content (AvgIpc) is 2.34. The third kappa shape index (κ3) is 15.9. The van der Waals surface area contributed by atoms with Crippen molar-refractivity contribution < 1.29 is 4.74 Å². The fourth-order valence-corrected chi connectivity index (χ4v) is 1.86. The van der Waals surface area contributed by atoms with Crippen molar-refractivity contribution in [3.8, 4) is 0 Å². The van der Waals surface area contributed by atoms with Gasteiger partial charge in [-0.1, -0.05) is 39.5 Å². The van der Waals surface area contributed by atoms with Gasteiger partial charge < -0.3 is 15.8 Å². The average molecular weight is 258 g/mol. The topological polar surface area (TPSA) is 47.3 Å². The van der Waals surface area contributed by atoms with E-state index in [2.05, 4.69) is 19.2 Å². The predicted molar refractivity (Wildman–Crippen MR) is 79.9 cm³/mol. The molecule has 3 nitrogen and oxygen atoms in total. The third-order valence-corrected chi connectivity index (χ3v) is 3.02. The van der Waals surface area contributed by atoms with Crippen LogP contribution in [-0.4, -0.2) is 32.8 Å². The minimum atomic E-state index is 0.778. The third-order valence-electron chi connectivity index (χ3n) is 3.02. The largest absolute Gasteiger partial charge is 0.381 e. The molecule has 0 saturated heterocycles. The molecule has 0 radical (unpaired) electrons. The molecule has 0 heterocycles. The van der Waals surface area contributed by atoms with Crippen LogP contribution in [-0.2, 0) is 4.74 Å². The molecule has 0 bridgehead atoms. The summed E-state index contributed by atoms with van der Waals surface area (Å²) in [4.78, 5) is 0. The summed E-state index contributed by atoms with van der Waals surface area (Å²) in [5.41, 5.74) is 5.41. The van der Waals surface area contributed by atoms with Crippen LogP contribution in [0, 0.1) is 5.92 Å². The molecule has 0 fully saturated rings. The molecule has 0 aliphatic carbocycles. The predicted octanol–water partition coefficient (Wildman–Crippen LogP) is 2.94. The molecule has 18 heavy (non-hydrogen) atoms. The quantitative estimate of drug-likeness (QED) is 0.471. The van der Waals surface area contributed by atoms with E-state index >= 15 is 0 Å². The molecule has 0 atom stereocenters. The first-order valence-corrected chi connectivity index (χ1v) is 7.76. The van der Waals surface area contributed by atoms with Gasteiger partial charge in [-0.25, -0.2) is 0 Å². The second kappa shape index (κ2) is 14.9. The van der Waals surface area contributed by atoms with Crippen LogP contribution in [0.15, 0.2) is 0 Å². The van der Waals surface area contributed by atoms with Gasteiger partial charge in [0.2, 0.25) is 0 Å². The Hall–Kier alpha value is -0.120. The molecule has 0 aromatic heterocycles. The second-order valence-electron chi connectivity index (χ2n) is 5.45. The van der Waals surface area contributed by atoms with Crippen LogP contribution in [0.2, 0.25) is 0 Å². The van der Waals surface area contributed by atoms with Gasteiger partial charge in [0.05, 0.1) is 0 Å². The van der Waals surface area contributed by atoms with Crippen molar-refractivity contribution in [2.24, 2.45) is 11.7 Å². The first-order chi connectivity index (χ1) is 8.77. The summed E-state index contributed by atoms with van der Waals surface area (Å²) in [7, 11) is 0. The number of ether oxygens (including phenoxy) is 1. The van der Waals surface area contributed by atoms with Crippen molar-refractivity contribution in [1.29, 1.82) is 0 Å². The van der Waals surface area contributed by atoms with E-state index in [9.17, 15) is 0 Å². The van der Waals surface area contributed by atoms with Gasteiger partial charge in [0.1, 0.15) is 0 Å². The molecule has 0 rings (SSSR count). The van der Waals surface area contributed by atoms with E-state index in [0.29, 0.717) is 0 Å². The van der Waals surface area contributed by atoms with Crippen LogP contribution in [0.1, 0.15) is 58.8 Å². The highest BCUT2D eigenvalue weighted by atomic mass is 16.5. The molecular formula is C15H34N2O. The molecule has 0 aromatic rings. The molecule has 0 unspecified atom stereocenters. The lowest BCUT2D eigenvalue weighted by Crippen LogP contribution is -2.20. The second-order valence-corrected chi connectivity index (χ2v) is 5.45. The lowest BCUT2D eigenvalue weighted by Gasteiger charge is -2.06. The summed E-state index contributed by atoms with van der Waals surface area (Å²) in [6.45, 7) is 9.28. The Kier molecular flexibility index (Phi) is 14.8. The Morgan fingerprint density at radius 1 is 0.889 bits per heavy atom.